The van der Waals surface area contributed by atoms with Crippen LogP contribution in [-0.4, -0.2) is 48.5 Å². The van der Waals surface area contributed by atoms with Gasteiger partial charge in [-0.05, 0) is 24.1 Å². The maximum atomic E-state index is 11.6. The number of hydrogen-bond donors (Lipinski definition) is 0. The lowest BCUT2D eigenvalue weighted by Gasteiger charge is -2.34. The van der Waals surface area contributed by atoms with Gasteiger partial charge in [-0.25, -0.2) is 4.79 Å². The molecule has 3 nitrogen and oxygen atoms in total. The van der Waals surface area contributed by atoms with Crippen molar-refractivity contribution in [2.75, 3.05) is 32.7 Å². The standard InChI is InChI=1S/C23H23ClN2OS/c24-20-6-7-21-22(17-28-23(21)14-20)19(16-27)8-9-25-10-12-26(13-11-25)15-18-4-2-1-3-5-18/h1-7,14,17H,8-13,15H2. The number of piperazine rings is 1. The van der Waals surface area contributed by atoms with Gasteiger partial charge in [0.05, 0.1) is 0 Å². The van der Waals surface area contributed by atoms with Gasteiger partial charge in [-0.3, -0.25) is 4.90 Å². The predicted octanol–water partition coefficient (Wildman–Crippen LogP) is 4.98. The number of carbonyl (C=O) groups excluding carboxylic acids is 1. The number of halogens is 1. The molecule has 0 amide bonds. The average Bonchev–Trinajstić information content (AvgIpc) is 3.13. The molecule has 0 saturated carbocycles. The first-order chi connectivity index (χ1) is 13.7. The number of benzene rings is 2. The summed E-state index contributed by atoms with van der Waals surface area (Å²) in [6.45, 7) is 6.12. The minimum atomic E-state index is 0.728. The van der Waals surface area contributed by atoms with E-state index in [4.69, 9.17) is 11.6 Å². The van der Waals surface area contributed by atoms with E-state index in [9.17, 15) is 4.79 Å². The molecule has 4 rings (SSSR count). The van der Waals surface area contributed by atoms with Gasteiger partial charge >= 0.3 is 0 Å². The van der Waals surface area contributed by atoms with Crippen LogP contribution in [0, 0.1) is 0 Å². The second-order valence-corrected chi connectivity index (χ2v) is 8.57. The molecule has 1 aromatic heterocycles. The number of fused-ring (bicyclic) bond motifs is 1. The van der Waals surface area contributed by atoms with Crippen molar-refractivity contribution < 1.29 is 4.79 Å². The topological polar surface area (TPSA) is 23.6 Å². The lowest BCUT2D eigenvalue weighted by atomic mass is 10.0. The molecule has 1 aliphatic heterocycles. The predicted molar refractivity (Wildman–Crippen MR) is 119 cm³/mol. The lowest BCUT2D eigenvalue weighted by molar-refractivity contribution is 0.129. The van der Waals surface area contributed by atoms with E-state index < -0.39 is 0 Å². The highest BCUT2D eigenvalue weighted by Crippen LogP contribution is 2.33. The third kappa shape index (κ3) is 4.54. The van der Waals surface area contributed by atoms with Crippen LogP contribution < -0.4 is 0 Å². The number of hydrogen-bond acceptors (Lipinski definition) is 4. The summed E-state index contributed by atoms with van der Waals surface area (Å²) in [5.41, 5.74) is 3.14. The molecule has 2 heterocycles. The van der Waals surface area contributed by atoms with E-state index in [0.717, 1.165) is 71.9 Å². The fraction of sp³-hybridized carbons (Fsp3) is 0.304. The van der Waals surface area contributed by atoms with Crippen LogP contribution in [0.15, 0.2) is 53.9 Å². The highest BCUT2D eigenvalue weighted by atomic mass is 35.5. The van der Waals surface area contributed by atoms with Crippen LogP contribution in [0.1, 0.15) is 17.5 Å². The molecular formula is C23H23ClN2OS. The summed E-state index contributed by atoms with van der Waals surface area (Å²) in [7, 11) is 0. The maximum Gasteiger partial charge on any atom is 0.128 e. The average molecular weight is 411 g/mol. The molecule has 0 bridgehead atoms. The van der Waals surface area contributed by atoms with Crippen LogP contribution in [0.4, 0.5) is 0 Å². The second kappa shape index (κ2) is 9.04. The van der Waals surface area contributed by atoms with Gasteiger partial charge in [-0.2, -0.15) is 0 Å². The summed E-state index contributed by atoms with van der Waals surface area (Å²) < 4.78 is 1.12. The van der Waals surface area contributed by atoms with Crippen molar-refractivity contribution in [3.8, 4) is 0 Å². The molecule has 0 unspecified atom stereocenters. The molecule has 0 atom stereocenters. The molecule has 3 aromatic rings. The van der Waals surface area contributed by atoms with Crippen LogP contribution in [0.3, 0.4) is 0 Å². The van der Waals surface area contributed by atoms with Gasteiger partial charge in [0.2, 0.25) is 0 Å². The van der Waals surface area contributed by atoms with Gasteiger partial charge in [-0.1, -0.05) is 48.0 Å². The molecule has 0 spiro atoms. The second-order valence-electron chi connectivity index (χ2n) is 7.22. The number of nitrogens with zero attached hydrogens (tertiary/aromatic N) is 2. The molecule has 1 aliphatic rings. The fourth-order valence-corrected chi connectivity index (χ4v) is 5.01. The molecule has 0 aliphatic carbocycles. The van der Waals surface area contributed by atoms with Gasteiger partial charge in [0.15, 0.2) is 0 Å². The van der Waals surface area contributed by atoms with E-state index in [1.165, 1.54) is 5.56 Å². The SMILES string of the molecule is O=C=C(CCN1CCN(Cc2ccccc2)CC1)c1csc2cc(Cl)ccc12. The zero-order valence-corrected chi connectivity index (χ0v) is 17.3. The van der Waals surface area contributed by atoms with Gasteiger partial charge < -0.3 is 4.90 Å². The number of rotatable bonds is 6. The van der Waals surface area contributed by atoms with Crippen molar-refractivity contribution in [1.82, 2.24) is 9.80 Å². The van der Waals surface area contributed by atoms with Gasteiger partial charge in [-0.15, -0.1) is 11.3 Å². The van der Waals surface area contributed by atoms with Crippen LogP contribution in [0.25, 0.3) is 15.7 Å². The third-order valence-electron chi connectivity index (χ3n) is 5.38. The van der Waals surface area contributed by atoms with E-state index in [2.05, 4.69) is 51.5 Å². The highest BCUT2D eigenvalue weighted by molar-refractivity contribution is 7.17. The van der Waals surface area contributed by atoms with Crippen molar-refractivity contribution in [1.29, 1.82) is 0 Å². The molecule has 1 saturated heterocycles. The monoisotopic (exact) mass is 410 g/mol. The van der Waals surface area contributed by atoms with Gasteiger partial charge in [0, 0.05) is 70.9 Å². The van der Waals surface area contributed by atoms with Crippen LogP contribution in [0.5, 0.6) is 0 Å². The van der Waals surface area contributed by atoms with Gasteiger partial charge in [0.1, 0.15) is 5.94 Å². The van der Waals surface area contributed by atoms with E-state index in [-0.39, 0.29) is 0 Å². The largest absolute Gasteiger partial charge is 0.300 e. The van der Waals surface area contributed by atoms with Crippen molar-refractivity contribution in [3.63, 3.8) is 0 Å². The summed E-state index contributed by atoms with van der Waals surface area (Å²) in [6, 6.07) is 16.5. The number of thiophene rings is 1. The van der Waals surface area contributed by atoms with E-state index >= 15 is 0 Å². The summed E-state index contributed by atoms with van der Waals surface area (Å²) >= 11 is 7.71. The van der Waals surface area contributed by atoms with Crippen molar-refractivity contribution in [2.24, 2.45) is 0 Å². The van der Waals surface area contributed by atoms with Crippen molar-refractivity contribution in [2.45, 2.75) is 13.0 Å². The lowest BCUT2D eigenvalue weighted by Crippen LogP contribution is -2.46. The summed E-state index contributed by atoms with van der Waals surface area (Å²) in [6.07, 6.45) is 0.733. The Morgan fingerprint density at radius 2 is 1.79 bits per heavy atom. The first kappa shape index (κ1) is 19.4. The van der Waals surface area contributed by atoms with Crippen LogP contribution in [-0.2, 0) is 11.3 Å². The Bertz CT molecular complexity index is 986. The minimum absolute atomic E-state index is 0.728. The molecule has 0 N–H and O–H groups in total. The Morgan fingerprint density at radius 1 is 1.04 bits per heavy atom. The van der Waals surface area contributed by atoms with Gasteiger partial charge in [0.25, 0.3) is 0 Å². The summed E-state index contributed by atoms with van der Waals surface area (Å²) in [5, 5.41) is 3.88. The highest BCUT2D eigenvalue weighted by Gasteiger charge is 2.18. The van der Waals surface area contributed by atoms with E-state index in [0.29, 0.717) is 0 Å². The van der Waals surface area contributed by atoms with Crippen LogP contribution in [0.2, 0.25) is 5.02 Å². The molecule has 144 valence electrons. The molecule has 2 aromatic carbocycles. The summed E-state index contributed by atoms with van der Waals surface area (Å²) in [4.78, 5) is 16.6. The minimum Gasteiger partial charge on any atom is -0.300 e. The Balaban J connectivity index is 1.32. The van der Waals surface area contributed by atoms with E-state index in [1.807, 2.05) is 18.2 Å². The first-order valence-electron chi connectivity index (χ1n) is 9.62. The van der Waals surface area contributed by atoms with Crippen LogP contribution >= 0.6 is 22.9 Å². The first-order valence-corrected chi connectivity index (χ1v) is 10.9. The Labute approximate surface area is 174 Å². The smallest absolute Gasteiger partial charge is 0.128 e. The maximum absolute atomic E-state index is 11.6. The van der Waals surface area contributed by atoms with Crippen molar-refractivity contribution in [3.05, 3.63) is 70.1 Å². The fourth-order valence-electron chi connectivity index (χ4n) is 3.76. The van der Waals surface area contributed by atoms with E-state index in [1.54, 1.807) is 11.3 Å². The Morgan fingerprint density at radius 3 is 2.54 bits per heavy atom. The Hall–Kier alpha value is -1.94. The molecule has 1 fully saturated rings. The molecule has 5 heteroatoms. The zero-order valence-electron chi connectivity index (χ0n) is 15.7. The molecule has 28 heavy (non-hydrogen) atoms. The molecule has 0 radical (unpaired) electrons. The molecular weight excluding hydrogens is 388 g/mol. The normalized spacial score (nSPS) is 15.6. The van der Waals surface area contributed by atoms with Crippen molar-refractivity contribution >= 4 is 44.5 Å². The quantitative estimate of drug-likeness (QED) is 0.535. The third-order valence-corrected chi connectivity index (χ3v) is 6.56. The Kier molecular flexibility index (Phi) is 6.26. The zero-order chi connectivity index (χ0) is 19.3. The summed E-state index contributed by atoms with van der Waals surface area (Å²) in [5.74, 6) is 2.20.